The fourth-order valence-corrected chi connectivity index (χ4v) is 3.24. The number of H-pyrrole nitrogens is 1. The normalized spacial score (nSPS) is 10.8. The summed E-state index contributed by atoms with van der Waals surface area (Å²) in [6.45, 7) is 0.343. The fraction of sp³-hybridized carbons (Fsp3) is 0.0909. The van der Waals surface area contributed by atoms with Crippen molar-refractivity contribution in [3.63, 3.8) is 0 Å². The topological polar surface area (TPSA) is 76.2 Å². The van der Waals surface area contributed by atoms with Gasteiger partial charge in [-0.2, -0.15) is 5.10 Å². The van der Waals surface area contributed by atoms with Crippen molar-refractivity contribution in [2.45, 2.75) is 6.61 Å². The molecular weight excluding hydrogens is 425 g/mol. The van der Waals surface area contributed by atoms with Crippen LogP contribution in [0.15, 0.2) is 60.7 Å². The predicted molar refractivity (Wildman–Crippen MR) is 118 cm³/mol. The van der Waals surface area contributed by atoms with Gasteiger partial charge in [-0.25, -0.2) is 0 Å². The van der Waals surface area contributed by atoms with Crippen LogP contribution < -0.4 is 14.8 Å². The van der Waals surface area contributed by atoms with E-state index in [1.807, 2.05) is 24.3 Å². The number of nitrogens with zero attached hydrogens (tertiary/aromatic N) is 1. The second-order valence-electron chi connectivity index (χ2n) is 6.50. The molecule has 0 aliphatic rings. The van der Waals surface area contributed by atoms with E-state index in [0.29, 0.717) is 39.5 Å². The van der Waals surface area contributed by atoms with Gasteiger partial charge in [0.2, 0.25) is 0 Å². The van der Waals surface area contributed by atoms with Gasteiger partial charge in [0, 0.05) is 17.0 Å². The molecule has 6 nitrogen and oxygen atoms in total. The fourth-order valence-electron chi connectivity index (χ4n) is 2.92. The molecule has 0 unspecified atom stereocenters. The molecule has 1 aromatic heterocycles. The SMILES string of the molecule is COc1cccc(C(=O)Nc2n[nH]c3cc(OCc4ccc(Cl)c(Cl)c4)ccc23)c1. The van der Waals surface area contributed by atoms with Crippen molar-refractivity contribution in [3.8, 4) is 11.5 Å². The van der Waals surface area contributed by atoms with E-state index >= 15 is 0 Å². The molecule has 8 heteroatoms. The van der Waals surface area contributed by atoms with Gasteiger partial charge in [-0.15, -0.1) is 0 Å². The molecule has 3 aromatic carbocycles. The van der Waals surface area contributed by atoms with Crippen LogP contribution in [0.5, 0.6) is 11.5 Å². The Morgan fingerprint density at radius 1 is 1.03 bits per heavy atom. The number of rotatable bonds is 6. The number of hydrogen-bond donors (Lipinski definition) is 2. The van der Waals surface area contributed by atoms with E-state index in [-0.39, 0.29) is 5.91 Å². The Bertz CT molecular complexity index is 1220. The highest BCUT2D eigenvalue weighted by Crippen LogP contribution is 2.27. The summed E-state index contributed by atoms with van der Waals surface area (Å²) in [4.78, 5) is 12.5. The molecule has 0 saturated carbocycles. The smallest absolute Gasteiger partial charge is 0.257 e. The Hall–Kier alpha value is -3.22. The van der Waals surface area contributed by atoms with Crippen LogP contribution in [0.25, 0.3) is 10.9 Å². The first-order valence-electron chi connectivity index (χ1n) is 9.04. The average Bonchev–Trinajstić information content (AvgIpc) is 3.16. The molecule has 0 bridgehead atoms. The Morgan fingerprint density at radius 3 is 2.70 bits per heavy atom. The highest BCUT2D eigenvalue weighted by Gasteiger charge is 2.13. The molecule has 152 valence electrons. The number of halogens is 2. The molecule has 0 radical (unpaired) electrons. The van der Waals surface area contributed by atoms with E-state index in [1.54, 1.807) is 43.5 Å². The van der Waals surface area contributed by atoms with Crippen LogP contribution in [0.3, 0.4) is 0 Å². The lowest BCUT2D eigenvalue weighted by Crippen LogP contribution is -2.12. The first kappa shape index (κ1) is 20.1. The largest absolute Gasteiger partial charge is 0.497 e. The number of nitrogens with one attached hydrogen (secondary N) is 2. The van der Waals surface area contributed by atoms with E-state index in [1.165, 1.54) is 0 Å². The molecule has 4 rings (SSSR count). The van der Waals surface area contributed by atoms with Crippen molar-refractivity contribution >= 4 is 45.8 Å². The summed E-state index contributed by atoms with van der Waals surface area (Å²) in [5.74, 6) is 1.43. The van der Waals surface area contributed by atoms with Crippen molar-refractivity contribution in [2.24, 2.45) is 0 Å². The molecule has 2 N–H and O–H groups in total. The molecule has 0 atom stereocenters. The first-order chi connectivity index (χ1) is 14.5. The van der Waals surface area contributed by atoms with Crippen molar-refractivity contribution in [3.05, 3.63) is 81.8 Å². The van der Waals surface area contributed by atoms with Gasteiger partial charge >= 0.3 is 0 Å². The summed E-state index contributed by atoms with van der Waals surface area (Å²) in [5, 5.41) is 11.7. The number of aromatic nitrogens is 2. The number of carbonyl (C=O) groups is 1. The zero-order valence-electron chi connectivity index (χ0n) is 15.9. The number of benzene rings is 3. The molecule has 0 saturated heterocycles. The number of methoxy groups -OCH3 is 1. The van der Waals surface area contributed by atoms with Crippen LogP contribution in [-0.4, -0.2) is 23.2 Å². The van der Waals surface area contributed by atoms with Crippen molar-refractivity contribution in [1.29, 1.82) is 0 Å². The minimum Gasteiger partial charge on any atom is -0.497 e. The minimum atomic E-state index is -0.276. The van der Waals surface area contributed by atoms with Gasteiger partial charge in [0.1, 0.15) is 18.1 Å². The number of carbonyl (C=O) groups excluding carboxylic acids is 1. The molecule has 1 heterocycles. The molecule has 0 spiro atoms. The van der Waals surface area contributed by atoms with Crippen LogP contribution in [0, 0.1) is 0 Å². The van der Waals surface area contributed by atoms with E-state index < -0.39 is 0 Å². The van der Waals surface area contributed by atoms with Gasteiger partial charge in [-0.1, -0.05) is 35.3 Å². The van der Waals surface area contributed by atoms with Crippen LogP contribution in [0.4, 0.5) is 5.82 Å². The second-order valence-corrected chi connectivity index (χ2v) is 7.32. The molecular formula is C22H17Cl2N3O3. The van der Waals surface area contributed by atoms with Gasteiger partial charge in [0.15, 0.2) is 5.82 Å². The van der Waals surface area contributed by atoms with Gasteiger partial charge in [-0.3, -0.25) is 9.89 Å². The van der Waals surface area contributed by atoms with E-state index in [2.05, 4.69) is 15.5 Å². The maximum Gasteiger partial charge on any atom is 0.257 e. The Balaban J connectivity index is 1.47. The third kappa shape index (κ3) is 4.35. The van der Waals surface area contributed by atoms with E-state index in [4.69, 9.17) is 32.7 Å². The lowest BCUT2D eigenvalue weighted by Gasteiger charge is -2.08. The summed E-state index contributed by atoms with van der Waals surface area (Å²) < 4.78 is 11.0. The molecule has 0 aliphatic heterocycles. The lowest BCUT2D eigenvalue weighted by atomic mass is 10.2. The number of aromatic amines is 1. The van der Waals surface area contributed by atoms with Crippen LogP contribution in [0.1, 0.15) is 15.9 Å². The maximum absolute atomic E-state index is 12.5. The van der Waals surface area contributed by atoms with Gasteiger partial charge in [-0.05, 0) is 48.0 Å². The number of amides is 1. The van der Waals surface area contributed by atoms with Gasteiger partial charge in [0.25, 0.3) is 5.91 Å². The van der Waals surface area contributed by atoms with E-state index in [0.717, 1.165) is 16.5 Å². The third-order valence-electron chi connectivity index (χ3n) is 4.49. The first-order valence-corrected chi connectivity index (χ1v) is 9.79. The van der Waals surface area contributed by atoms with Crippen LogP contribution in [0.2, 0.25) is 10.0 Å². The molecule has 0 fully saturated rings. The van der Waals surface area contributed by atoms with Crippen molar-refractivity contribution < 1.29 is 14.3 Å². The molecule has 1 amide bonds. The predicted octanol–water partition coefficient (Wildman–Crippen LogP) is 5.71. The van der Waals surface area contributed by atoms with Crippen LogP contribution in [-0.2, 0) is 6.61 Å². The highest BCUT2D eigenvalue weighted by molar-refractivity contribution is 6.42. The standard InChI is InChI=1S/C22H17Cl2N3O3/c1-29-15-4-2-3-14(10-15)22(28)25-21-17-7-6-16(11-20(17)26-27-21)30-12-13-5-8-18(23)19(24)9-13/h2-11H,12H2,1H3,(H2,25,26,27,28). The van der Waals surface area contributed by atoms with Gasteiger partial charge in [0.05, 0.1) is 22.7 Å². The summed E-state index contributed by atoms with van der Waals surface area (Å²) in [6.07, 6.45) is 0. The number of anilines is 1. The molecule has 0 aliphatic carbocycles. The van der Waals surface area contributed by atoms with Crippen molar-refractivity contribution in [2.75, 3.05) is 12.4 Å². The average molecular weight is 442 g/mol. The summed E-state index contributed by atoms with van der Waals surface area (Å²) >= 11 is 12.0. The van der Waals surface area contributed by atoms with Crippen LogP contribution >= 0.6 is 23.2 Å². The molecule has 4 aromatic rings. The monoisotopic (exact) mass is 441 g/mol. The van der Waals surface area contributed by atoms with Crippen molar-refractivity contribution in [1.82, 2.24) is 10.2 Å². The highest BCUT2D eigenvalue weighted by atomic mass is 35.5. The summed E-state index contributed by atoms with van der Waals surface area (Å²) in [5.41, 5.74) is 2.12. The number of hydrogen-bond acceptors (Lipinski definition) is 4. The van der Waals surface area contributed by atoms with Gasteiger partial charge < -0.3 is 14.8 Å². The van der Waals surface area contributed by atoms with E-state index in [9.17, 15) is 4.79 Å². The minimum absolute atomic E-state index is 0.276. The Kier molecular flexibility index (Phi) is 5.79. The Morgan fingerprint density at radius 2 is 1.90 bits per heavy atom. The number of fused-ring (bicyclic) bond motifs is 1. The third-order valence-corrected chi connectivity index (χ3v) is 5.23. The second kappa shape index (κ2) is 8.65. The summed E-state index contributed by atoms with van der Waals surface area (Å²) in [6, 6.07) is 17.7. The lowest BCUT2D eigenvalue weighted by molar-refractivity contribution is 0.102. The zero-order chi connectivity index (χ0) is 21.1. The zero-order valence-corrected chi connectivity index (χ0v) is 17.4. The number of ether oxygens (including phenoxy) is 2. The Labute approximate surface area is 182 Å². The summed E-state index contributed by atoms with van der Waals surface area (Å²) in [7, 11) is 1.55. The quantitative estimate of drug-likeness (QED) is 0.401. The molecule has 30 heavy (non-hydrogen) atoms. The maximum atomic E-state index is 12.5.